The summed E-state index contributed by atoms with van der Waals surface area (Å²) in [5.41, 5.74) is 0.980. The quantitative estimate of drug-likeness (QED) is 0.890. The summed E-state index contributed by atoms with van der Waals surface area (Å²) in [6.07, 6.45) is 2.53. The third-order valence-electron chi connectivity index (χ3n) is 2.42. The van der Waals surface area contributed by atoms with Crippen molar-refractivity contribution in [2.45, 2.75) is 13.3 Å². The lowest BCUT2D eigenvalue weighted by Crippen LogP contribution is -2.12. The predicted molar refractivity (Wildman–Crippen MR) is 71.2 cm³/mol. The fraction of sp³-hybridized carbons (Fsp3) is 0.308. The standard InChI is InChI=1S/C13H16N4O2/c1-3-8-19-11-6-4-10(5-7-11)14-13(18)12-9-17(2)16-15-12/h4-7,9H,3,8H2,1-2H3,(H,14,18). The van der Waals surface area contributed by atoms with Crippen LogP contribution < -0.4 is 10.1 Å². The van der Waals surface area contributed by atoms with E-state index < -0.39 is 0 Å². The molecule has 2 aromatic rings. The number of rotatable bonds is 5. The zero-order valence-electron chi connectivity index (χ0n) is 11.0. The summed E-state index contributed by atoms with van der Waals surface area (Å²) >= 11 is 0. The number of anilines is 1. The van der Waals surface area contributed by atoms with Gasteiger partial charge in [-0.15, -0.1) is 5.10 Å². The molecule has 1 amide bonds. The molecule has 0 atom stereocenters. The van der Waals surface area contributed by atoms with E-state index in [0.717, 1.165) is 12.2 Å². The summed E-state index contributed by atoms with van der Waals surface area (Å²) in [5.74, 6) is 0.509. The van der Waals surface area contributed by atoms with Gasteiger partial charge in [0, 0.05) is 12.7 Å². The molecular weight excluding hydrogens is 244 g/mol. The smallest absolute Gasteiger partial charge is 0.277 e. The molecule has 6 heteroatoms. The summed E-state index contributed by atoms with van der Waals surface area (Å²) in [5, 5.41) is 10.2. The Kier molecular flexibility index (Phi) is 4.12. The number of nitrogens with one attached hydrogen (secondary N) is 1. The minimum absolute atomic E-state index is 0.282. The molecule has 0 aliphatic carbocycles. The molecule has 0 aliphatic rings. The summed E-state index contributed by atoms with van der Waals surface area (Å²) in [6.45, 7) is 2.74. The molecule has 1 aromatic carbocycles. The van der Waals surface area contributed by atoms with Gasteiger partial charge in [0.15, 0.2) is 5.69 Å². The van der Waals surface area contributed by atoms with E-state index in [4.69, 9.17) is 4.74 Å². The molecule has 1 N–H and O–H groups in total. The second-order valence-corrected chi connectivity index (χ2v) is 4.10. The first-order valence-corrected chi connectivity index (χ1v) is 6.09. The van der Waals surface area contributed by atoms with Gasteiger partial charge >= 0.3 is 0 Å². The van der Waals surface area contributed by atoms with Crippen molar-refractivity contribution in [1.82, 2.24) is 15.0 Å². The number of nitrogens with zero attached hydrogens (tertiary/aromatic N) is 3. The van der Waals surface area contributed by atoms with E-state index in [1.807, 2.05) is 12.1 Å². The summed E-state index contributed by atoms with van der Waals surface area (Å²) in [4.78, 5) is 11.8. The normalized spacial score (nSPS) is 10.2. The van der Waals surface area contributed by atoms with Crippen molar-refractivity contribution in [3.63, 3.8) is 0 Å². The molecule has 0 unspecified atom stereocenters. The molecule has 2 rings (SSSR count). The maximum atomic E-state index is 11.8. The van der Waals surface area contributed by atoms with E-state index in [1.54, 1.807) is 25.4 Å². The third-order valence-corrected chi connectivity index (χ3v) is 2.42. The molecule has 0 aliphatic heterocycles. The van der Waals surface area contributed by atoms with Gasteiger partial charge in [-0.2, -0.15) is 0 Å². The average Bonchev–Trinajstić information content (AvgIpc) is 2.85. The van der Waals surface area contributed by atoms with Crippen LogP contribution in [0.5, 0.6) is 5.75 Å². The topological polar surface area (TPSA) is 69.0 Å². The van der Waals surface area contributed by atoms with Gasteiger partial charge in [0.2, 0.25) is 0 Å². The van der Waals surface area contributed by atoms with Crippen LogP contribution in [0.25, 0.3) is 0 Å². The van der Waals surface area contributed by atoms with Crippen LogP contribution in [0.1, 0.15) is 23.8 Å². The van der Waals surface area contributed by atoms with Crippen molar-refractivity contribution in [2.24, 2.45) is 7.05 Å². The second-order valence-electron chi connectivity index (χ2n) is 4.10. The highest BCUT2D eigenvalue weighted by molar-refractivity contribution is 6.02. The van der Waals surface area contributed by atoms with Crippen LogP contribution >= 0.6 is 0 Å². The van der Waals surface area contributed by atoms with Crippen LogP contribution in [-0.4, -0.2) is 27.5 Å². The Hall–Kier alpha value is -2.37. The molecule has 1 aromatic heterocycles. The zero-order valence-corrected chi connectivity index (χ0v) is 11.0. The lowest BCUT2D eigenvalue weighted by molar-refractivity contribution is 0.102. The number of hydrogen-bond donors (Lipinski definition) is 1. The lowest BCUT2D eigenvalue weighted by Gasteiger charge is -2.06. The minimum Gasteiger partial charge on any atom is -0.494 e. The number of carbonyl (C=O) groups excluding carboxylic acids is 1. The third kappa shape index (κ3) is 3.54. The number of ether oxygens (including phenoxy) is 1. The van der Waals surface area contributed by atoms with Gasteiger partial charge in [0.25, 0.3) is 5.91 Å². The Balaban J connectivity index is 1.97. The van der Waals surface area contributed by atoms with Gasteiger partial charge in [0.1, 0.15) is 5.75 Å². The van der Waals surface area contributed by atoms with Crippen LogP contribution in [0.3, 0.4) is 0 Å². The molecule has 0 bridgehead atoms. The van der Waals surface area contributed by atoms with E-state index >= 15 is 0 Å². The largest absolute Gasteiger partial charge is 0.494 e. The van der Waals surface area contributed by atoms with Crippen LogP contribution in [0.15, 0.2) is 30.5 Å². The SMILES string of the molecule is CCCOc1ccc(NC(=O)c2cn(C)nn2)cc1. The zero-order chi connectivity index (χ0) is 13.7. The van der Waals surface area contributed by atoms with Crippen molar-refractivity contribution in [3.05, 3.63) is 36.2 Å². The highest BCUT2D eigenvalue weighted by atomic mass is 16.5. The molecular formula is C13H16N4O2. The van der Waals surface area contributed by atoms with Gasteiger partial charge in [-0.3, -0.25) is 9.48 Å². The Morgan fingerprint density at radius 2 is 2.11 bits per heavy atom. The molecule has 0 saturated heterocycles. The Labute approximate surface area is 111 Å². The molecule has 19 heavy (non-hydrogen) atoms. The molecule has 6 nitrogen and oxygen atoms in total. The monoisotopic (exact) mass is 260 g/mol. The minimum atomic E-state index is -0.282. The lowest BCUT2D eigenvalue weighted by atomic mass is 10.3. The highest BCUT2D eigenvalue weighted by Crippen LogP contribution is 2.16. The molecule has 0 fully saturated rings. The van der Waals surface area contributed by atoms with Crippen LogP contribution in [0, 0.1) is 0 Å². The Morgan fingerprint density at radius 1 is 1.37 bits per heavy atom. The number of carbonyl (C=O) groups is 1. The van der Waals surface area contributed by atoms with Gasteiger partial charge in [0.05, 0.1) is 12.8 Å². The van der Waals surface area contributed by atoms with Crippen LogP contribution in [0.2, 0.25) is 0 Å². The van der Waals surface area contributed by atoms with Crippen molar-refractivity contribution >= 4 is 11.6 Å². The van der Waals surface area contributed by atoms with Crippen molar-refractivity contribution in [3.8, 4) is 5.75 Å². The van der Waals surface area contributed by atoms with Gasteiger partial charge in [-0.1, -0.05) is 12.1 Å². The van der Waals surface area contributed by atoms with Crippen molar-refractivity contribution in [1.29, 1.82) is 0 Å². The van der Waals surface area contributed by atoms with E-state index in [0.29, 0.717) is 12.3 Å². The summed E-state index contributed by atoms with van der Waals surface area (Å²) in [6, 6.07) is 7.22. The number of amides is 1. The fourth-order valence-corrected chi connectivity index (χ4v) is 1.50. The van der Waals surface area contributed by atoms with E-state index in [-0.39, 0.29) is 11.6 Å². The number of hydrogen-bond acceptors (Lipinski definition) is 4. The maximum absolute atomic E-state index is 11.8. The van der Waals surface area contributed by atoms with Gasteiger partial charge in [-0.05, 0) is 30.7 Å². The second kappa shape index (κ2) is 5.99. The number of benzene rings is 1. The maximum Gasteiger partial charge on any atom is 0.277 e. The molecule has 100 valence electrons. The Bertz CT molecular complexity index is 548. The first kappa shape index (κ1) is 13.1. The van der Waals surface area contributed by atoms with E-state index in [2.05, 4.69) is 22.6 Å². The summed E-state index contributed by atoms with van der Waals surface area (Å²) in [7, 11) is 1.71. The van der Waals surface area contributed by atoms with Gasteiger partial charge < -0.3 is 10.1 Å². The predicted octanol–water partition coefficient (Wildman–Crippen LogP) is 1.86. The van der Waals surface area contributed by atoms with Crippen molar-refractivity contribution < 1.29 is 9.53 Å². The molecule has 1 heterocycles. The first-order chi connectivity index (χ1) is 9.19. The van der Waals surface area contributed by atoms with E-state index in [1.165, 1.54) is 4.68 Å². The van der Waals surface area contributed by atoms with Crippen LogP contribution in [-0.2, 0) is 7.05 Å². The first-order valence-electron chi connectivity index (χ1n) is 6.09. The van der Waals surface area contributed by atoms with E-state index in [9.17, 15) is 4.79 Å². The summed E-state index contributed by atoms with van der Waals surface area (Å²) < 4.78 is 6.95. The average molecular weight is 260 g/mol. The molecule has 0 spiro atoms. The Morgan fingerprint density at radius 3 is 2.68 bits per heavy atom. The molecule has 0 saturated carbocycles. The number of aromatic nitrogens is 3. The van der Waals surface area contributed by atoms with Crippen LogP contribution in [0.4, 0.5) is 5.69 Å². The van der Waals surface area contributed by atoms with Gasteiger partial charge in [-0.25, -0.2) is 0 Å². The molecule has 0 radical (unpaired) electrons. The highest BCUT2D eigenvalue weighted by Gasteiger charge is 2.09. The number of aryl methyl sites for hydroxylation is 1. The van der Waals surface area contributed by atoms with Crippen molar-refractivity contribution in [2.75, 3.05) is 11.9 Å². The fourth-order valence-electron chi connectivity index (χ4n) is 1.50.